The van der Waals surface area contributed by atoms with Crippen molar-refractivity contribution in [3.63, 3.8) is 0 Å². The molecule has 5 aromatic rings. The highest BCUT2D eigenvalue weighted by molar-refractivity contribution is 7.18. The Hall–Kier alpha value is -4.48. The number of aryl methyl sites for hydroxylation is 2. The van der Waals surface area contributed by atoms with Crippen LogP contribution in [0, 0.1) is 25.2 Å². The van der Waals surface area contributed by atoms with Gasteiger partial charge in [-0.2, -0.15) is 5.26 Å². The first kappa shape index (κ1) is 33.4. The number of thiophene rings is 1. The minimum Gasteiger partial charge on any atom is -0.491 e. The lowest BCUT2D eigenvalue weighted by Gasteiger charge is -2.33. The van der Waals surface area contributed by atoms with Crippen LogP contribution in [0.4, 0.5) is 8.78 Å². The Kier molecular flexibility index (Phi) is 9.44. The lowest BCUT2D eigenvalue weighted by Crippen LogP contribution is -2.44. The van der Waals surface area contributed by atoms with E-state index in [1.807, 2.05) is 18.0 Å². The molecule has 1 aliphatic heterocycles. The molecule has 0 unspecified atom stereocenters. The zero-order valence-electron chi connectivity index (χ0n) is 26.4. The fourth-order valence-corrected chi connectivity index (χ4v) is 7.29. The summed E-state index contributed by atoms with van der Waals surface area (Å²) in [4.78, 5) is 38.9. The molecule has 0 aliphatic carbocycles. The van der Waals surface area contributed by atoms with E-state index in [1.54, 1.807) is 37.4 Å². The Morgan fingerprint density at radius 1 is 1.15 bits per heavy atom. The molecule has 0 spiro atoms. The van der Waals surface area contributed by atoms with Crippen LogP contribution in [0.3, 0.4) is 0 Å². The lowest BCUT2D eigenvalue weighted by atomic mass is 9.96. The van der Waals surface area contributed by atoms with Gasteiger partial charge < -0.3 is 14.7 Å². The number of rotatable bonds is 9. The Balaban J connectivity index is 1.35. The SMILES string of the molecule is Cc1cc(-c2cc(Cl)ccc2OCCn2c(C)nc3cc(C(F)F)c(CN4CCN(C)CC4)c(C#N)c3c2=O)c2scc(C(=O)O)c2n1. The van der Waals surface area contributed by atoms with Crippen LogP contribution in [0.1, 0.15) is 45.0 Å². The third-order valence-corrected chi connectivity index (χ3v) is 9.83. The molecule has 0 amide bonds. The van der Waals surface area contributed by atoms with Gasteiger partial charge in [-0.3, -0.25) is 19.2 Å². The van der Waals surface area contributed by atoms with Gasteiger partial charge in [0, 0.05) is 65.5 Å². The van der Waals surface area contributed by atoms with E-state index in [1.165, 1.54) is 22.0 Å². The van der Waals surface area contributed by atoms with Crippen LogP contribution in [-0.4, -0.2) is 75.2 Å². The van der Waals surface area contributed by atoms with Crippen LogP contribution in [-0.2, 0) is 13.1 Å². The number of hydrogen-bond donors (Lipinski definition) is 1. The highest BCUT2D eigenvalue weighted by Crippen LogP contribution is 2.40. The molecule has 0 saturated carbocycles. The van der Waals surface area contributed by atoms with E-state index in [4.69, 9.17) is 16.3 Å². The first-order valence-corrected chi connectivity index (χ1v) is 16.4. The van der Waals surface area contributed by atoms with Crippen LogP contribution in [0.5, 0.6) is 5.75 Å². The van der Waals surface area contributed by atoms with E-state index >= 15 is 0 Å². The molecule has 4 heterocycles. The Labute approximate surface area is 283 Å². The number of benzene rings is 2. The van der Waals surface area contributed by atoms with Crippen molar-refractivity contribution in [3.05, 3.63) is 84.9 Å². The molecule has 1 fully saturated rings. The predicted octanol–water partition coefficient (Wildman–Crippen LogP) is 6.28. The number of hydrogen-bond acceptors (Lipinski definition) is 9. The summed E-state index contributed by atoms with van der Waals surface area (Å²) in [5.74, 6) is -0.339. The molecule has 6 rings (SSSR count). The molecule has 248 valence electrons. The van der Waals surface area contributed by atoms with Gasteiger partial charge in [0.25, 0.3) is 12.0 Å². The maximum absolute atomic E-state index is 14.3. The van der Waals surface area contributed by atoms with Crippen molar-refractivity contribution in [2.45, 2.75) is 33.4 Å². The number of ether oxygens (including phenoxy) is 1. The summed E-state index contributed by atoms with van der Waals surface area (Å²) >= 11 is 7.64. The first-order chi connectivity index (χ1) is 23.0. The topological polar surface area (TPSA) is 125 Å². The van der Waals surface area contributed by atoms with Crippen LogP contribution in [0.2, 0.25) is 5.02 Å². The van der Waals surface area contributed by atoms with E-state index in [2.05, 4.69) is 20.9 Å². The zero-order valence-corrected chi connectivity index (χ0v) is 28.0. The molecule has 48 heavy (non-hydrogen) atoms. The van der Waals surface area contributed by atoms with Gasteiger partial charge in [-0.25, -0.2) is 18.6 Å². The van der Waals surface area contributed by atoms with Gasteiger partial charge >= 0.3 is 5.97 Å². The van der Waals surface area contributed by atoms with Gasteiger partial charge in [0.05, 0.1) is 38.8 Å². The number of aromatic nitrogens is 3. The van der Waals surface area contributed by atoms with Gasteiger partial charge in [-0.05, 0) is 56.8 Å². The number of nitriles is 1. The van der Waals surface area contributed by atoms with Crippen molar-refractivity contribution in [1.82, 2.24) is 24.3 Å². The van der Waals surface area contributed by atoms with Crippen LogP contribution in [0.25, 0.3) is 32.2 Å². The quantitative estimate of drug-likeness (QED) is 0.190. The molecule has 3 aromatic heterocycles. The highest BCUT2D eigenvalue weighted by atomic mass is 35.5. The minimum atomic E-state index is -2.84. The average Bonchev–Trinajstić information content (AvgIpc) is 3.47. The van der Waals surface area contributed by atoms with Crippen molar-refractivity contribution in [2.75, 3.05) is 39.8 Å². The Morgan fingerprint density at radius 2 is 1.90 bits per heavy atom. The summed E-state index contributed by atoms with van der Waals surface area (Å²) in [6.45, 7) is 6.42. The first-order valence-electron chi connectivity index (χ1n) is 15.2. The number of fused-ring (bicyclic) bond motifs is 2. The Morgan fingerprint density at radius 3 is 2.58 bits per heavy atom. The summed E-state index contributed by atoms with van der Waals surface area (Å²) in [6.07, 6.45) is -2.84. The molecule has 1 saturated heterocycles. The fraction of sp³-hybridized carbons (Fsp3) is 0.324. The summed E-state index contributed by atoms with van der Waals surface area (Å²) in [7, 11) is 1.99. The molecule has 0 radical (unpaired) electrons. The summed E-state index contributed by atoms with van der Waals surface area (Å²) in [5, 5.41) is 21.9. The van der Waals surface area contributed by atoms with Crippen molar-refractivity contribution in [2.24, 2.45) is 0 Å². The molecule has 0 bridgehead atoms. The molecule has 10 nitrogen and oxygen atoms in total. The molecule has 14 heteroatoms. The molecular formula is C34H31ClF2N6O4S. The zero-order chi connectivity index (χ0) is 34.3. The van der Waals surface area contributed by atoms with Crippen molar-refractivity contribution in [1.29, 1.82) is 5.26 Å². The third-order valence-electron chi connectivity index (χ3n) is 8.59. The fourth-order valence-electron chi connectivity index (χ4n) is 6.11. The standard InChI is InChI=1S/C34H31ClF2N6O4S/c1-18-12-22(31-30(39-18)26(17-48-31)34(45)46)21-13-20(35)4-5-28(21)47-11-10-43-19(2)40-27-14-23(32(36)37)25(24(15-38)29(27)33(43)44)16-42-8-6-41(3)7-9-42/h4-5,12-14,17,32H,6-11,16H2,1-3H3,(H,45,46). The van der Waals surface area contributed by atoms with Crippen LogP contribution < -0.4 is 10.3 Å². The van der Waals surface area contributed by atoms with E-state index < -0.39 is 18.0 Å². The second-order valence-electron chi connectivity index (χ2n) is 11.8. The van der Waals surface area contributed by atoms with E-state index in [9.17, 15) is 28.7 Å². The van der Waals surface area contributed by atoms with Crippen molar-refractivity contribution in [3.8, 4) is 22.9 Å². The highest BCUT2D eigenvalue weighted by Gasteiger charge is 2.26. The van der Waals surface area contributed by atoms with E-state index in [0.29, 0.717) is 50.9 Å². The number of likely N-dealkylation sites (N-methyl/N-ethyl adjacent to an activating group) is 1. The second-order valence-corrected chi connectivity index (χ2v) is 13.1. The van der Waals surface area contributed by atoms with Gasteiger partial charge in [-0.15, -0.1) is 11.3 Å². The van der Waals surface area contributed by atoms with Gasteiger partial charge in [-0.1, -0.05) is 11.6 Å². The summed E-state index contributed by atoms with van der Waals surface area (Å²) < 4.78 is 36.9. The largest absolute Gasteiger partial charge is 0.491 e. The normalized spacial score (nSPS) is 14.2. The number of alkyl halides is 2. The molecule has 1 N–H and O–H groups in total. The Bertz CT molecular complexity index is 2170. The number of halogens is 3. The van der Waals surface area contributed by atoms with Crippen molar-refractivity contribution >= 4 is 50.0 Å². The number of piperazine rings is 1. The second kappa shape index (κ2) is 13.6. The van der Waals surface area contributed by atoms with E-state index in [-0.39, 0.29) is 58.7 Å². The summed E-state index contributed by atoms with van der Waals surface area (Å²) in [6, 6.07) is 10.2. The van der Waals surface area contributed by atoms with Crippen LogP contribution >= 0.6 is 22.9 Å². The maximum atomic E-state index is 14.3. The number of nitrogens with zero attached hydrogens (tertiary/aromatic N) is 6. The molecule has 0 atom stereocenters. The van der Waals surface area contributed by atoms with Crippen molar-refractivity contribution < 1.29 is 23.4 Å². The third kappa shape index (κ3) is 6.36. The minimum absolute atomic E-state index is 0.00499. The predicted molar refractivity (Wildman–Crippen MR) is 180 cm³/mol. The van der Waals surface area contributed by atoms with Crippen LogP contribution in [0.15, 0.2) is 40.5 Å². The lowest BCUT2D eigenvalue weighted by molar-refractivity contribution is 0.0699. The molecule has 2 aromatic carbocycles. The summed E-state index contributed by atoms with van der Waals surface area (Å²) in [5.41, 5.74) is 1.73. The number of carboxylic acid groups (broad SMARTS) is 1. The van der Waals surface area contributed by atoms with Gasteiger partial charge in [0.15, 0.2) is 0 Å². The monoisotopic (exact) mass is 692 g/mol. The van der Waals surface area contributed by atoms with E-state index in [0.717, 1.165) is 13.1 Å². The smallest absolute Gasteiger partial charge is 0.338 e. The number of aromatic carboxylic acids is 1. The van der Waals surface area contributed by atoms with Gasteiger partial charge in [0.1, 0.15) is 24.3 Å². The number of pyridine rings is 1. The van der Waals surface area contributed by atoms with Gasteiger partial charge in [0.2, 0.25) is 0 Å². The molecule has 1 aliphatic rings. The number of carbonyl (C=O) groups is 1. The maximum Gasteiger partial charge on any atom is 0.338 e. The average molecular weight is 693 g/mol. The number of carboxylic acids is 1. The molecular weight excluding hydrogens is 662 g/mol.